The number of halogens is 2. The van der Waals surface area contributed by atoms with E-state index in [0.717, 1.165) is 0 Å². The molecule has 1 saturated heterocycles. The number of ether oxygens (including phenoxy) is 1. The van der Waals surface area contributed by atoms with Crippen LogP contribution in [0.3, 0.4) is 0 Å². The summed E-state index contributed by atoms with van der Waals surface area (Å²) in [6.07, 6.45) is -0.290. The van der Waals surface area contributed by atoms with Gasteiger partial charge in [0.05, 0.1) is 12.7 Å². The lowest BCUT2D eigenvalue weighted by atomic mass is 10.1. The molecule has 0 amide bonds. The second-order valence-corrected chi connectivity index (χ2v) is 2.51. The van der Waals surface area contributed by atoms with E-state index in [1.54, 1.807) is 0 Å². The number of alkyl halides is 2. The van der Waals surface area contributed by atoms with E-state index >= 15 is 0 Å². The average molecular weight is 152 g/mol. The smallest absolute Gasteiger partial charge is 0.271 e. The summed E-state index contributed by atoms with van der Waals surface area (Å²) in [5.74, 6) is -2.67. The SMILES string of the molecule is OC[C@@H]1CCC(F)(F)CO1. The Labute approximate surface area is 57.8 Å². The molecule has 1 aliphatic rings. The fraction of sp³-hybridized carbons (Fsp3) is 1.00. The van der Waals surface area contributed by atoms with Crippen LogP contribution in [-0.4, -0.2) is 30.3 Å². The Morgan fingerprint density at radius 2 is 2.30 bits per heavy atom. The van der Waals surface area contributed by atoms with Gasteiger partial charge in [0.15, 0.2) is 0 Å². The molecular weight excluding hydrogens is 142 g/mol. The van der Waals surface area contributed by atoms with Gasteiger partial charge in [0.2, 0.25) is 0 Å². The van der Waals surface area contributed by atoms with Crippen molar-refractivity contribution in [2.45, 2.75) is 24.9 Å². The highest BCUT2D eigenvalue weighted by molar-refractivity contribution is 4.74. The first-order chi connectivity index (χ1) is 4.64. The molecule has 1 heterocycles. The molecular formula is C6H10F2O2. The lowest BCUT2D eigenvalue weighted by molar-refractivity contribution is -0.151. The predicted molar refractivity (Wildman–Crippen MR) is 31.0 cm³/mol. The molecule has 1 atom stereocenters. The summed E-state index contributed by atoms with van der Waals surface area (Å²) < 4.78 is 29.3. The highest BCUT2D eigenvalue weighted by Gasteiger charge is 2.35. The third kappa shape index (κ3) is 1.88. The first-order valence-electron chi connectivity index (χ1n) is 3.24. The third-order valence-electron chi connectivity index (χ3n) is 1.57. The maximum absolute atomic E-state index is 12.3. The number of hydrogen-bond acceptors (Lipinski definition) is 2. The minimum atomic E-state index is -2.67. The molecule has 1 aliphatic heterocycles. The number of aliphatic hydroxyl groups excluding tert-OH is 1. The van der Waals surface area contributed by atoms with Crippen molar-refractivity contribution in [3.63, 3.8) is 0 Å². The topological polar surface area (TPSA) is 29.5 Å². The first-order valence-corrected chi connectivity index (χ1v) is 3.24. The Morgan fingerprint density at radius 1 is 1.60 bits per heavy atom. The van der Waals surface area contributed by atoms with E-state index in [9.17, 15) is 8.78 Å². The zero-order valence-electron chi connectivity index (χ0n) is 5.52. The molecule has 0 saturated carbocycles. The fourth-order valence-corrected chi connectivity index (χ4v) is 0.911. The Bertz CT molecular complexity index is 106. The van der Waals surface area contributed by atoms with Crippen LogP contribution in [0.1, 0.15) is 12.8 Å². The molecule has 0 aromatic carbocycles. The van der Waals surface area contributed by atoms with E-state index in [1.807, 2.05) is 0 Å². The highest BCUT2D eigenvalue weighted by Crippen LogP contribution is 2.27. The van der Waals surface area contributed by atoms with E-state index < -0.39 is 12.5 Å². The Morgan fingerprint density at radius 3 is 2.70 bits per heavy atom. The van der Waals surface area contributed by atoms with E-state index in [1.165, 1.54) is 0 Å². The second-order valence-electron chi connectivity index (χ2n) is 2.51. The van der Waals surface area contributed by atoms with Crippen LogP contribution in [-0.2, 0) is 4.74 Å². The molecule has 0 radical (unpaired) electrons. The summed E-state index contributed by atoms with van der Waals surface area (Å²) in [6.45, 7) is -0.700. The molecule has 60 valence electrons. The van der Waals surface area contributed by atoms with Crippen molar-refractivity contribution in [1.82, 2.24) is 0 Å². The fourth-order valence-electron chi connectivity index (χ4n) is 0.911. The van der Waals surface area contributed by atoms with Crippen molar-refractivity contribution in [3.05, 3.63) is 0 Å². The van der Waals surface area contributed by atoms with E-state index in [4.69, 9.17) is 5.11 Å². The van der Waals surface area contributed by atoms with Crippen molar-refractivity contribution in [2.75, 3.05) is 13.2 Å². The van der Waals surface area contributed by atoms with Crippen LogP contribution in [0.15, 0.2) is 0 Å². The van der Waals surface area contributed by atoms with Crippen molar-refractivity contribution in [3.8, 4) is 0 Å². The third-order valence-corrected chi connectivity index (χ3v) is 1.57. The van der Waals surface area contributed by atoms with Gasteiger partial charge in [-0.3, -0.25) is 0 Å². The van der Waals surface area contributed by atoms with Crippen LogP contribution in [0, 0.1) is 0 Å². The summed E-state index contributed by atoms with van der Waals surface area (Å²) in [5, 5.41) is 8.49. The Hall–Kier alpha value is -0.220. The molecule has 0 aliphatic carbocycles. The first kappa shape index (κ1) is 7.88. The lowest BCUT2D eigenvalue weighted by Crippen LogP contribution is -2.36. The van der Waals surface area contributed by atoms with Gasteiger partial charge in [0.1, 0.15) is 6.61 Å². The van der Waals surface area contributed by atoms with Crippen LogP contribution < -0.4 is 0 Å². The Balaban J connectivity index is 2.31. The van der Waals surface area contributed by atoms with Gasteiger partial charge in [0, 0.05) is 6.42 Å². The molecule has 4 heteroatoms. The molecule has 0 aromatic rings. The van der Waals surface area contributed by atoms with Gasteiger partial charge in [-0.2, -0.15) is 0 Å². The maximum Gasteiger partial charge on any atom is 0.271 e. The van der Waals surface area contributed by atoms with Crippen LogP contribution >= 0.6 is 0 Å². The molecule has 1 fully saturated rings. The van der Waals surface area contributed by atoms with Gasteiger partial charge in [-0.05, 0) is 6.42 Å². The van der Waals surface area contributed by atoms with Crippen molar-refractivity contribution in [1.29, 1.82) is 0 Å². The average Bonchev–Trinajstić information content (AvgIpc) is 1.88. The molecule has 1 N–H and O–H groups in total. The molecule has 1 rings (SSSR count). The van der Waals surface area contributed by atoms with Gasteiger partial charge in [0.25, 0.3) is 5.92 Å². The minimum absolute atomic E-state index is 0.157. The van der Waals surface area contributed by atoms with Gasteiger partial charge in [-0.1, -0.05) is 0 Å². The van der Waals surface area contributed by atoms with Crippen LogP contribution in [0.5, 0.6) is 0 Å². The van der Waals surface area contributed by atoms with Gasteiger partial charge < -0.3 is 9.84 Å². The molecule has 0 aromatic heterocycles. The Kier molecular flexibility index (Phi) is 2.21. The van der Waals surface area contributed by atoms with Crippen LogP contribution in [0.25, 0.3) is 0 Å². The monoisotopic (exact) mass is 152 g/mol. The van der Waals surface area contributed by atoms with E-state index in [0.29, 0.717) is 0 Å². The molecule has 0 spiro atoms. The zero-order valence-corrected chi connectivity index (χ0v) is 5.52. The van der Waals surface area contributed by atoms with Gasteiger partial charge >= 0.3 is 0 Å². The molecule has 0 unspecified atom stereocenters. The summed E-state index contributed by atoms with van der Waals surface area (Å²) in [5.41, 5.74) is 0. The summed E-state index contributed by atoms with van der Waals surface area (Å²) in [7, 11) is 0. The van der Waals surface area contributed by atoms with E-state index in [-0.39, 0.29) is 25.6 Å². The number of rotatable bonds is 1. The predicted octanol–water partition coefficient (Wildman–Crippen LogP) is 0.793. The summed E-state index contributed by atoms with van der Waals surface area (Å²) in [6, 6.07) is 0. The van der Waals surface area contributed by atoms with Crippen LogP contribution in [0.2, 0.25) is 0 Å². The highest BCUT2D eigenvalue weighted by atomic mass is 19.3. The normalized spacial score (nSPS) is 32.1. The summed E-state index contributed by atoms with van der Waals surface area (Å²) >= 11 is 0. The largest absolute Gasteiger partial charge is 0.394 e. The van der Waals surface area contributed by atoms with Crippen molar-refractivity contribution >= 4 is 0 Å². The maximum atomic E-state index is 12.3. The van der Waals surface area contributed by atoms with Crippen molar-refractivity contribution in [2.24, 2.45) is 0 Å². The number of hydrogen-bond donors (Lipinski definition) is 1. The lowest BCUT2D eigenvalue weighted by Gasteiger charge is -2.27. The minimum Gasteiger partial charge on any atom is -0.394 e. The van der Waals surface area contributed by atoms with Crippen LogP contribution in [0.4, 0.5) is 8.78 Å². The molecule has 2 nitrogen and oxygen atoms in total. The van der Waals surface area contributed by atoms with Crippen molar-refractivity contribution < 1.29 is 18.6 Å². The quantitative estimate of drug-likeness (QED) is 0.602. The standard InChI is InChI=1S/C6H10F2O2/c7-6(8)2-1-5(3-9)10-4-6/h5,9H,1-4H2/t5-/m0/s1. The molecule has 0 bridgehead atoms. The zero-order chi connectivity index (χ0) is 7.61. The number of aliphatic hydroxyl groups is 1. The van der Waals surface area contributed by atoms with Gasteiger partial charge in [-0.15, -0.1) is 0 Å². The summed E-state index contributed by atoms with van der Waals surface area (Å²) in [4.78, 5) is 0. The van der Waals surface area contributed by atoms with E-state index in [2.05, 4.69) is 4.74 Å². The molecule has 10 heavy (non-hydrogen) atoms. The second kappa shape index (κ2) is 2.80. The van der Waals surface area contributed by atoms with Gasteiger partial charge in [-0.25, -0.2) is 8.78 Å².